The summed E-state index contributed by atoms with van der Waals surface area (Å²) in [4.78, 5) is 16.7. The molecule has 0 saturated carbocycles. The van der Waals surface area contributed by atoms with Crippen LogP contribution in [0.1, 0.15) is 5.56 Å². The van der Waals surface area contributed by atoms with Gasteiger partial charge < -0.3 is 10.4 Å². The van der Waals surface area contributed by atoms with E-state index in [0.717, 1.165) is 16.3 Å². The summed E-state index contributed by atoms with van der Waals surface area (Å²) in [5.74, 6) is -0.368. The van der Waals surface area contributed by atoms with Crippen molar-refractivity contribution in [3.8, 4) is 16.3 Å². The molecule has 0 atom stereocenters. The number of para-hydroxylation sites is 1. The van der Waals surface area contributed by atoms with Gasteiger partial charge in [-0.2, -0.15) is 13.2 Å². The number of alkyl halides is 3. The maximum Gasteiger partial charge on any atom is 0.417 e. The zero-order chi connectivity index (χ0) is 22.9. The Morgan fingerprint density at radius 2 is 1.81 bits per heavy atom. The number of thiazole rings is 1. The molecule has 0 spiro atoms. The first-order chi connectivity index (χ1) is 15.2. The molecule has 1 aromatic heterocycles. The minimum Gasteiger partial charge on any atom is -0.504 e. The zero-order valence-corrected chi connectivity index (χ0v) is 18.3. The van der Waals surface area contributed by atoms with Crippen molar-refractivity contribution in [2.75, 3.05) is 5.32 Å². The number of phenolic OH excluding ortho intramolecular Hbond substituents is 1. The van der Waals surface area contributed by atoms with Crippen LogP contribution in [0.5, 0.6) is 5.75 Å². The summed E-state index contributed by atoms with van der Waals surface area (Å²) in [6.45, 7) is 0. The number of nitrogens with zero attached hydrogens (tertiary/aromatic N) is 1. The van der Waals surface area contributed by atoms with E-state index in [9.17, 15) is 23.1 Å². The van der Waals surface area contributed by atoms with E-state index in [1.165, 1.54) is 41.7 Å². The molecule has 4 aromatic rings. The van der Waals surface area contributed by atoms with Crippen LogP contribution in [0.2, 0.25) is 5.02 Å². The maximum absolute atomic E-state index is 13.1. The molecule has 2 amide bonds. The fourth-order valence-electron chi connectivity index (χ4n) is 2.85. The molecule has 0 radical (unpaired) electrons. The zero-order valence-electron chi connectivity index (χ0n) is 15.9. The number of hydrogen-bond donors (Lipinski definition) is 3. The van der Waals surface area contributed by atoms with Gasteiger partial charge in [0.15, 0.2) is 5.75 Å². The molecule has 32 heavy (non-hydrogen) atoms. The highest BCUT2D eigenvalue weighted by Gasteiger charge is 2.33. The van der Waals surface area contributed by atoms with E-state index in [2.05, 4.69) is 15.0 Å². The van der Waals surface area contributed by atoms with Crippen LogP contribution in [0, 0.1) is 0 Å². The van der Waals surface area contributed by atoms with Crippen molar-refractivity contribution in [1.29, 1.82) is 0 Å². The minimum absolute atomic E-state index is 0.00559. The van der Waals surface area contributed by atoms with Crippen LogP contribution in [0.4, 0.5) is 23.7 Å². The molecule has 3 aromatic carbocycles. The Hall–Kier alpha value is -2.95. The highest BCUT2D eigenvalue weighted by molar-refractivity contribution is 7.98. The highest BCUT2D eigenvalue weighted by atomic mass is 35.5. The topological polar surface area (TPSA) is 74.2 Å². The molecule has 0 bridgehead atoms. The minimum atomic E-state index is -4.56. The van der Waals surface area contributed by atoms with Gasteiger partial charge in [0.25, 0.3) is 0 Å². The summed E-state index contributed by atoms with van der Waals surface area (Å²) >= 11 is 8.04. The number of amides is 2. The van der Waals surface area contributed by atoms with Gasteiger partial charge in [0.05, 0.1) is 26.5 Å². The van der Waals surface area contributed by atoms with E-state index >= 15 is 0 Å². The second kappa shape index (κ2) is 8.89. The van der Waals surface area contributed by atoms with Crippen LogP contribution in [0.15, 0.2) is 65.6 Å². The summed E-state index contributed by atoms with van der Waals surface area (Å²) in [5, 5.41) is 13.3. The van der Waals surface area contributed by atoms with E-state index in [0.29, 0.717) is 22.5 Å². The van der Waals surface area contributed by atoms with E-state index in [1.807, 2.05) is 24.3 Å². The molecule has 164 valence electrons. The third-order valence-corrected chi connectivity index (χ3v) is 6.54. The predicted molar refractivity (Wildman–Crippen MR) is 121 cm³/mol. The van der Waals surface area contributed by atoms with E-state index in [-0.39, 0.29) is 21.4 Å². The second-order valence-corrected chi connectivity index (χ2v) is 8.78. The number of rotatable bonds is 4. The van der Waals surface area contributed by atoms with Gasteiger partial charge >= 0.3 is 12.2 Å². The molecule has 0 aliphatic carbocycles. The van der Waals surface area contributed by atoms with Crippen molar-refractivity contribution >= 4 is 56.8 Å². The molecule has 0 aliphatic heterocycles. The maximum atomic E-state index is 13.1. The average molecular weight is 496 g/mol. The van der Waals surface area contributed by atoms with Gasteiger partial charge in [0.2, 0.25) is 0 Å². The van der Waals surface area contributed by atoms with Crippen LogP contribution in [-0.2, 0) is 6.18 Å². The quantitative estimate of drug-likeness (QED) is 0.207. The van der Waals surface area contributed by atoms with Gasteiger partial charge in [0, 0.05) is 10.5 Å². The van der Waals surface area contributed by atoms with Crippen molar-refractivity contribution in [3.05, 3.63) is 71.2 Å². The molecule has 5 nitrogen and oxygen atoms in total. The summed E-state index contributed by atoms with van der Waals surface area (Å²) < 4.78 is 42.6. The van der Waals surface area contributed by atoms with Crippen LogP contribution >= 0.6 is 34.9 Å². The van der Waals surface area contributed by atoms with Gasteiger partial charge in [-0.25, -0.2) is 9.78 Å². The Balaban J connectivity index is 1.54. The fraction of sp³-hybridized carbons (Fsp3) is 0.0476. The fourth-order valence-corrected chi connectivity index (χ4v) is 4.72. The van der Waals surface area contributed by atoms with Crippen LogP contribution in [0.3, 0.4) is 0 Å². The van der Waals surface area contributed by atoms with Gasteiger partial charge in [-0.15, -0.1) is 11.3 Å². The third kappa shape index (κ3) is 4.77. The molecule has 1 heterocycles. The number of aromatic hydroxyl groups is 1. The number of carbonyl (C=O) groups excluding carboxylic acids is 1. The number of anilines is 1. The second-order valence-electron chi connectivity index (χ2n) is 6.49. The molecular weight excluding hydrogens is 483 g/mol. The van der Waals surface area contributed by atoms with Gasteiger partial charge in [-0.3, -0.25) is 4.72 Å². The highest BCUT2D eigenvalue weighted by Crippen LogP contribution is 2.39. The Morgan fingerprint density at radius 1 is 1.09 bits per heavy atom. The number of nitrogens with one attached hydrogen (secondary N) is 2. The lowest BCUT2D eigenvalue weighted by Crippen LogP contribution is -2.23. The Morgan fingerprint density at radius 3 is 2.56 bits per heavy atom. The number of benzene rings is 3. The first-order valence-corrected chi connectivity index (χ1v) is 11.0. The smallest absolute Gasteiger partial charge is 0.417 e. The number of urea groups is 1. The number of carbonyl (C=O) groups is 1. The molecule has 0 aliphatic rings. The number of fused-ring (bicyclic) bond motifs is 1. The summed E-state index contributed by atoms with van der Waals surface area (Å²) in [6.07, 6.45) is -4.56. The van der Waals surface area contributed by atoms with Gasteiger partial charge in [-0.05, 0) is 48.3 Å². The third-order valence-electron chi connectivity index (χ3n) is 4.30. The van der Waals surface area contributed by atoms with Gasteiger partial charge in [-0.1, -0.05) is 35.9 Å². The average Bonchev–Trinajstić information content (AvgIpc) is 3.19. The van der Waals surface area contributed by atoms with Crippen molar-refractivity contribution in [2.24, 2.45) is 0 Å². The number of phenols is 1. The number of halogens is 4. The molecule has 0 unspecified atom stereocenters. The van der Waals surface area contributed by atoms with Crippen molar-refractivity contribution in [1.82, 2.24) is 9.71 Å². The lowest BCUT2D eigenvalue weighted by Gasteiger charge is -2.13. The Kier molecular flexibility index (Phi) is 6.18. The number of hydrogen-bond acceptors (Lipinski definition) is 5. The first kappa shape index (κ1) is 22.3. The summed E-state index contributed by atoms with van der Waals surface area (Å²) in [7, 11) is 0. The predicted octanol–water partition coefficient (Wildman–Crippen LogP) is 7.17. The molecule has 4 rings (SSSR count). The Labute approximate surface area is 193 Å². The van der Waals surface area contributed by atoms with Crippen LogP contribution in [0.25, 0.3) is 20.8 Å². The van der Waals surface area contributed by atoms with E-state index in [4.69, 9.17) is 11.6 Å². The standard InChI is InChI=1S/C21H13ClF3N3O2S2/c22-13-9-11(19-26-14-6-2-4-8-17(14)31-19)10-15(18(13)29)27-20(30)28-32-16-7-3-1-5-12(16)21(23,24)25/h1-10,29H,(H2,27,28,30). The SMILES string of the molecule is O=C(NSc1ccccc1C(F)(F)F)Nc1cc(-c2nc3ccccc3s2)cc(Cl)c1O. The van der Waals surface area contributed by atoms with Gasteiger partial charge in [0.1, 0.15) is 5.01 Å². The van der Waals surface area contributed by atoms with Crippen molar-refractivity contribution in [2.45, 2.75) is 11.1 Å². The van der Waals surface area contributed by atoms with Crippen LogP contribution < -0.4 is 10.0 Å². The molecule has 11 heteroatoms. The first-order valence-electron chi connectivity index (χ1n) is 9.01. The van der Waals surface area contributed by atoms with Crippen molar-refractivity contribution < 1.29 is 23.1 Å². The molecule has 0 fully saturated rings. The Bertz CT molecular complexity index is 1280. The summed E-state index contributed by atoms with van der Waals surface area (Å²) in [5.41, 5.74) is 0.492. The molecule has 3 N–H and O–H groups in total. The lowest BCUT2D eigenvalue weighted by molar-refractivity contribution is -0.139. The van der Waals surface area contributed by atoms with Crippen LogP contribution in [-0.4, -0.2) is 16.1 Å². The normalized spacial score (nSPS) is 11.5. The monoisotopic (exact) mass is 495 g/mol. The summed E-state index contributed by atoms with van der Waals surface area (Å²) in [6, 6.07) is 14.6. The molecular formula is C21H13ClF3N3O2S2. The van der Waals surface area contributed by atoms with Crippen molar-refractivity contribution in [3.63, 3.8) is 0 Å². The van der Waals surface area contributed by atoms with E-state index in [1.54, 1.807) is 0 Å². The number of aromatic nitrogens is 1. The molecule has 0 saturated heterocycles. The largest absolute Gasteiger partial charge is 0.504 e. The van der Waals surface area contributed by atoms with E-state index < -0.39 is 17.8 Å². The lowest BCUT2D eigenvalue weighted by atomic mass is 10.2.